The summed E-state index contributed by atoms with van der Waals surface area (Å²) in [6.45, 7) is 9.20. The van der Waals surface area contributed by atoms with E-state index in [0.717, 1.165) is 23.9 Å². The van der Waals surface area contributed by atoms with Crippen LogP contribution in [-0.2, 0) is 54.1 Å². The van der Waals surface area contributed by atoms with Gasteiger partial charge in [-0.05, 0) is 113 Å². The molecule has 0 spiro atoms. The molecule has 2 aliphatic rings. The molecule has 0 amide bonds. The number of ketones is 1. The predicted octanol–water partition coefficient (Wildman–Crippen LogP) is 6.88. The Morgan fingerprint density at radius 2 is 1.28 bits per heavy atom. The molecule has 0 aliphatic heterocycles. The number of rotatable bonds is 23. The molecule has 3 unspecified atom stereocenters. The molecule has 324 valence electrons. The van der Waals surface area contributed by atoms with Crippen LogP contribution in [0.15, 0.2) is 67.8 Å². The standard InChI is InChI=1S/C46H57NO13/c1-4-42(49)55-25-7-6-24-54-29-40(58-43(50)5-2)30-57-38-18-20-39(21-19-38)59-45(52)35-10-8-9-34(16-17-35)44(51)56-26-23-32-11-22-41(37(27-32)28-47)60-46(53)36-14-12-33(13-15-36)31(3)48/h4-5,11,18-22,27-28,33-36,40,47H,1-2,6-10,12-17,23-26,29-30H2,3H3. The highest BCUT2D eigenvalue weighted by atomic mass is 16.6. The fourth-order valence-corrected chi connectivity index (χ4v) is 7.12. The smallest absolute Gasteiger partial charge is 0.330 e. The van der Waals surface area contributed by atoms with E-state index in [1.54, 1.807) is 49.4 Å². The van der Waals surface area contributed by atoms with Gasteiger partial charge in [0.15, 0.2) is 6.10 Å². The molecule has 60 heavy (non-hydrogen) atoms. The minimum atomic E-state index is -0.710. The first-order valence-corrected chi connectivity index (χ1v) is 20.7. The first-order valence-electron chi connectivity index (χ1n) is 20.7. The van der Waals surface area contributed by atoms with E-state index in [1.165, 1.54) is 0 Å². The highest BCUT2D eigenvalue weighted by Crippen LogP contribution is 2.32. The SMILES string of the molecule is C=CC(=O)OCCCCOCC(COc1ccc(OC(=O)C2CCCC(C(=O)OCCc3ccc(OC(=O)C4CCC(C(C)=O)CC4)c(C=N)c3)CC2)cc1)OC(=O)C=C. The van der Waals surface area contributed by atoms with Gasteiger partial charge in [-0.25, -0.2) is 9.59 Å². The molecule has 0 bridgehead atoms. The molecule has 14 nitrogen and oxygen atoms in total. The molecule has 4 rings (SSSR count). The lowest BCUT2D eigenvalue weighted by Gasteiger charge is -2.25. The minimum Gasteiger partial charge on any atom is -0.490 e. The van der Waals surface area contributed by atoms with Crippen LogP contribution in [0.4, 0.5) is 0 Å². The Labute approximate surface area is 351 Å². The molecular weight excluding hydrogens is 774 g/mol. The fraction of sp³-hybridized carbons (Fsp3) is 0.500. The second kappa shape index (κ2) is 25.1. The van der Waals surface area contributed by atoms with Crippen LogP contribution >= 0.6 is 0 Å². The topological polar surface area (TPSA) is 191 Å². The quantitative estimate of drug-likeness (QED) is 0.0232. The Morgan fingerprint density at radius 3 is 1.93 bits per heavy atom. The van der Waals surface area contributed by atoms with E-state index < -0.39 is 18.0 Å². The summed E-state index contributed by atoms with van der Waals surface area (Å²) in [6.07, 6.45) is 9.61. The summed E-state index contributed by atoms with van der Waals surface area (Å²) >= 11 is 0. The van der Waals surface area contributed by atoms with E-state index in [4.69, 9.17) is 38.6 Å². The third-order valence-corrected chi connectivity index (χ3v) is 10.7. The maximum absolute atomic E-state index is 13.1. The van der Waals surface area contributed by atoms with Crippen LogP contribution in [0.1, 0.15) is 88.7 Å². The molecule has 0 saturated heterocycles. The van der Waals surface area contributed by atoms with Gasteiger partial charge >= 0.3 is 29.8 Å². The average Bonchev–Trinajstić information content (AvgIpc) is 3.52. The van der Waals surface area contributed by atoms with Crippen LogP contribution in [0.3, 0.4) is 0 Å². The van der Waals surface area contributed by atoms with Gasteiger partial charge in [0.1, 0.15) is 29.6 Å². The van der Waals surface area contributed by atoms with Crippen LogP contribution in [-0.4, -0.2) is 81.0 Å². The highest BCUT2D eigenvalue weighted by Gasteiger charge is 2.31. The first-order chi connectivity index (χ1) is 29.0. The molecule has 2 fully saturated rings. The number of hydrogen-bond donors (Lipinski definition) is 1. The molecule has 0 heterocycles. The summed E-state index contributed by atoms with van der Waals surface area (Å²) in [5, 5.41) is 7.85. The number of unbranched alkanes of at least 4 members (excludes halogenated alkanes) is 1. The maximum Gasteiger partial charge on any atom is 0.330 e. The van der Waals surface area contributed by atoms with E-state index in [9.17, 15) is 28.8 Å². The molecular formula is C46H57NO13. The number of benzene rings is 2. The van der Waals surface area contributed by atoms with E-state index in [0.29, 0.717) is 106 Å². The second-order valence-electron chi connectivity index (χ2n) is 15.0. The molecule has 2 saturated carbocycles. The molecule has 2 aliphatic carbocycles. The van der Waals surface area contributed by atoms with Gasteiger partial charge < -0.3 is 38.6 Å². The van der Waals surface area contributed by atoms with Gasteiger partial charge in [0.2, 0.25) is 0 Å². The third kappa shape index (κ3) is 15.9. The Morgan fingerprint density at radius 1 is 0.683 bits per heavy atom. The number of ether oxygens (including phenoxy) is 7. The number of nitrogens with one attached hydrogen (secondary N) is 1. The van der Waals surface area contributed by atoms with Crippen LogP contribution in [0, 0.1) is 29.1 Å². The van der Waals surface area contributed by atoms with Crippen molar-refractivity contribution in [1.82, 2.24) is 0 Å². The van der Waals surface area contributed by atoms with Crippen molar-refractivity contribution in [3.63, 3.8) is 0 Å². The lowest BCUT2D eigenvalue weighted by Crippen LogP contribution is -2.29. The number of hydrogen-bond acceptors (Lipinski definition) is 14. The van der Waals surface area contributed by atoms with E-state index in [1.807, 2.05) is 0 Å². The Hall–Kier alpha value is -5.63. The molecule has 0 radical (unpaired) electrons. The second-order valence-corrected chi connectivity index (χ2v) is 15.0. The Bertz CT molecular complexity index is 1800. The van der Waals surface area contributed by atoms with Gasteiger partial charge in [-0.1, -0.05) is 25.6 Å². The fourth-order valence-electron chi connectivity index (χ4n) is 7.12. The molecule has 0 aromatic heterocycles. The summed E-state index contributed by atoms with van der Waals surface area (Å²) in [7, 11) is 0. The maximum atomic E-state index is 13.1. The Kier molecular flexibility index (Phi) is 19.7. The van der Waals surface area contributed by atoms with Crippen molar-refractivity contribution in [3.05, 3.63) is 78.9 Å². The summed E-state index contributed by atoms with van der Waals surface area (Å²) in [4.78, 5) is 73.6. The zero-order valence-electron chi connectivity index (χ0n) is 34.4. The van der Waals surface area contributed by atoms with E-state index >= 15 is 0 Å². The summed E-state index contributed by atoms with van der Waals surface area (Å²) in [6, 6.07) is 11.7. The van der Waals surface area contributed by atoms with Gasteiger partial charge in [-0.15, -0.1) is 0 Å². The first kappa shape index (κ1) is 47.1. The predicted molar refractivity (Wildman–Crippen MR) is 220 cm³/mol. The number of Topliss-reactive ketones (excluding diaryl/α,β-unsaturated/α-hetero) is 1. The molecule has 2 aromatic carbocycles. The number of carbonyl (C=O) groups is 6. The monoisotopic (exact) mass is 831 g/mol. The van der Waals surface area contributed by atoms with Gasteiger partial charge in [0, 0.05) is 42.9 Å². The van der Waals surface area contributed by atoms with Crippen molar-refractivity contribution < 1.29 is 61.9 Å². The van der Waals surface area contributed by atoms with Crippen molar-refractivity contribution >= 4 is 41.8 Å². The molecule has 1 N–H and O–H groups in total. The lowest BCUT2D eigenvalue weighted by atomic mass is 9.80. The van der Waals surface area contributed by atoms with Crippen LogP contribution in [0.5, 0.6) is 17.2 Å². The highest BCUT2D eigenvalue weighted by molar-refractivity contribution is 5.85. The van der Waals surface area contributed by atoms with Gasteiger partial charge in [-0.3, -0.25) is 19.2 Å². The van der Waals surface area contributed by atoms with Crippen molar-refractivity contribution in [2.45, 2.75) is 90.1 Å². The van der Waals surface area contributed by atoms with Crippen LogP contribution in [0.25, 0.3) is 0 Å². The van der Waals surface area contributed by atoms with Crippen molar-refractivity contribution in [3.8, 4) is 17.2 Å². The minimum absolute atomic E-state index is 0.00528. The van der Waals surface area contributed by atoms with Crippen LogP contribution < -0.4 is 14.2 Å². The third-order valence-electron chi connectivity index (χ3n) is 10.7. The summed E-state index contributed by atoms with van der Waals surface area (Å²) < 4.78 is 38.7. The molecule has 3 atom stereocenters. The largest absolute Gasteiger partial charge is 0.490 e. The molecule has 14 heteroatoms. The van der Waals surface area contributed by atoms with Crippen LogP contribution in [0.2, 0.25) is 0 Å². The lowest BCUT2D eigenvalue weighted by molar-refractivity contribution is -0.149. The van der Waals surface area contributed by atoms with Gasteiger partial charge in [0.25, 0.3) is 0 Å². The number of carbonyl (C=O) groups excluding carboxylic acids is 6. The summed E-state index contributed by atoms with van der Waals surface area (Å²) in [5.41, 5.74) is 1.27. The number of esters is 5. The Balaban J connectivity index is 1.15. The van der Waals surface area contributed by atoms with Gasteiger partial charge in [-0.2, -0.15) is 0 Å². The van der Waals surface area contributed by atoms with E-state index in [-0.39, 0.29) is 73.8 Å². The van der Waals surface area contributed by atoms with Crippen molar-refractivity contribution in [2.75, 3.05) is 33.0 Å². The van der Waals surface area contributed by atoms with E-state index in [2.05, 4.69) is 13.2 Å². The average molecular weight is 832 g/mol. The van der Waals surface area contributed by atoms with Crippen molar-refractivity contribution in [1.29, 1.82) is 5.41 Å². The zero-order valence-corrected chi connectivity index (χ0v) is 34.4. The summed E-state index contributed by atoms with van der Waals surface area (Å²) in [5.74, 6) is -1.84. The van der Waals surface area contributed by atoms with Gasteiger partial charge in [0.05, 0.1) is 37.6 Å². The molecule has 2 aromatic rings. The van der Waals surface area contributed by atoms with Crippen molar-refractivity contribution in [2.24, 2.45) is 23.7 Å². The zero-order chi connectivity index (χ0) is 43.3. The normalized spacial score (nSPS) is 19.3.